The highest BCUT2D eigenvalue weighted by atomic mass is 32.2. The zero-order chi connectivity index (χ0) is 16.6. The summed E-state index contributed by atoms with van der Waals surface area (Å²) in [6.45, 7) is 0. The molecule has 1 heterocycles. The van der Waals surface area contributed by atoms with Gasteiger partial charge in [-0.15, -0.1) is 10.2 Å². The molecule has 0 amide bonds. The van der Waals surface area contributed by atoms with Crippen molar-refractivity contribution in [1.29, 1.82) is 0 Å². The Morgan fingerprint density at radius 2 is 1.83 bits per heavy atom. The minimum absolute atomic E-state index is 0.0350. The molecule has 0 saturated carbocycles. The van der Waals surface area contributed by atoms with Gasteiger partial charge in [-0.25, -0.2) is 4.39 Å². The van der Waals surface area contributed by atoms with Crippen LogP contribution in [0.15, 0.2) is 57.6 Å². The molecule has 0 aliphatic heterocycles. The van der Waals surface area contributed by atoms with E-state index in [2.05, 4.69) is 15.2 Å². The minimum atomic E-state index is -4.40. The molecule has 0 bridgehead atoms. The molecule has 0 saturated heterocycles. The second kappa shape index (κ2) is 5.45. The Kier molecular flexibility index (Phi) is 3.58. The lowest BCUT2D eigenvalue weighted by molar-refractivity contribution is 0.459. The Balaban J connectivity index is 2.13. The first-order valence-corrected chi connectivity index (χ1v) is 7.79. The van der Waals surface area contributed by atoms with Crippen molar-refractivity contribution >= 4 is 32.4 Å². The second-order valence-corrected chi connectivity index (χ2v) is 6.08. The van der Waals surface area contributed by atoms with E-state index in [1.807, 2.05) is 0 Å². The Morgan fingerprint density at radius 3 is 2.52 bits per heavy atom. The average Bonchev–Trinajstić information content (AvgIpc) is 2.80. The van der Waals surface area contributed by atoms with Crippen LogP contribution in [0.4, 0.5) is 15.8 Å². The summed E-state index contributed by atoms with van der Waals surface area (Å²) in [7, 11) is -4.40. The number of hydrogen-bond donors (Lipinski definition) is 3. The van der Waals surface area contributed by atoms with Gasteiger partial charge in [0.25, 0.3) is 10.1 Å². The van der Waals surface area contributed by atoms with Crippen LogP contribution in [0.1, 0.15) is 0 Å². The lowest BCUT2D eigenvalue weighted by Crippen LogP contribution is -1.96. The fraction of sp³-hybridized carbons (Fsp3) is 0. The first-order chi connectivity index (χ1) is 10.9. The highest BCUT2D eigenvalue weighted by Gasteiger charge is 2.16. The summed E-state index contributed by atoms with van der Waals surface area (Å²) in [5, 5.41) is 17.6. The van der Waals surface area contributed by atoms with Crippen LogP contribution >= 0.6 is 0 Å². The zero-order valence-corrected chi connectivity index (χ0v) is 12.2. The first kappa shape index (κ1) is 15.1. The zero-order valence-electron chi connectivity index (χ0n) is 11.4. The third-order valence-electron chi connectivity index (χ3n) is 3.13. The number of nitrogens with zero attached hydrogens (tertiary/aromatic N) is 2. The lowest BCUT2D eigenvalue weighted by atomic mass is 10.2. The van der Waals surface area contributed by atoms with Crippen LogP contribution in [-0.2, 0) is 10.1 Å². The molecule has 1 aromatic heterocycles. The van der Waals surface area contributed by atoms with E-state index in [0.717, 1.165) is 6.07 Å². The number of azo groups is 1. The van der Waals surface area contributed by atoms with E-state index < -0.39 is 15.9 Å². The molecule has 0 fully saturated rings. The van der Waals surface area contributed by atoms with Gasteiger partial charge in [0.2, 0.25) is 5.88 Å². The van der Waals surface area contributed by atoms with Gasteiger partial charge in [-0.1, -0.05) is 12.1 Å². The number of nitrogens with one attached hydrogen (secondary N) is 1. The maximum absolute atomic E-state index is 13.5. The monoisotopic (exact) mass is 335 g/mol. The molecule has 0 spiro atoms. The Hall–Kier alpha value is -2.78. The van der Waals surface area contributed by atoms with Crippen LogP contribution in [-0.4, -0.2) is 23.1 Å². The largest absolute Gasteiger partial charge is 0.493 e. The van der Waals surface area contributed by atoms with Gasteiger partial charge in [-0.2, -0.15) is 8.42 Å². The standard InChI is InChI=1S/C14H10FN3O4S/c15-10-3-1-2-4-12(10)17-18-13-9-7-8(23(20,21)22)5-6-11(9)16-14(13)19/h1-7,16,19H,(H,20,21,22). The molecule has 118 valence electrons. The molecule has 3 rings (SSSR count). The fourth-order valence-electron chi connectivity index (χ4n) is 2.04. The van der Waals surface area contributed by atoms with Gasteiger partial charge < -0.3 is 10.1 Å². The molecule has 2 aromatic carbocycles. The molecular formula is C14H10FN3O4S. The first-order valence-electron chi connectivity index (χ1n) is 6.35. The van der Waals surface area contributed by atoms with Crippen molar-refractivity contribution in [2.24, 2.45) is 10.2 Å². The fourth-order valence-corrected chi connectivity index (χ4v) is 2.55. The van der Waals surface area contributed by atoms with Crippen molar-refractivity contribution in [1.82, 2.24) is 4.98 Å². The van der Waals surface area contributed by atoms with Gasteiger partial charge in [-0.05, 0) is 30.3 Å². The average molecular weight is 335 g/mol. The minimum Gasteiger partial charge on any atom is -0.493 e. The Bertz CT molecular complexity index is 1030. The van der Waals surface area contributed by atoms with Gasteiger partial charge in [0.15, 0.2) is 11.5 Å². The summed E-state index contributed by atoms with van der Waals surface area (Å²) >= 11 is 0. The molecule has 3 aromatic rings. The number of benzene rings is 2. The molecule has 0 aliphatic rings. The summed E-state index contributed by atoms with van der Waals surface area (Å²) in [5.74, 6) is -0.943. The van der Waals surface area contributed by atoms with Crippen LogP contribution in [0.2, 0.25) is 0 Å². The number of fused-ring (bicyclic) bond motifs is 1. The van der Waals surface area contributed by atoms with E-state index in [1.54, 1.807) is 6.07 Å². The molecule has 23 heavy (non-hydrogen) atoms. The normalized spacial score (nSPS) is 12.3. The lowest BCUT2D eigenvalue weighted by Gasteiger charge is -1.98. The number of rotatable bonds is 3. The Morgan fingerprint density at radius 1 is 1.09 bits per heavy atom. The van der Waals surface area contributed by atoms with Crippen molar-refractivity contribution in [2.75, 3.05) is 0 Å². The third kappa shape index (κ3) is 2.91. The predicted octanol–water partition coefficient (Wildman–Crippen LogP) is 3.67. The van der Waals surface area contributed by atoms with Gasteiger partial charge in [0, 0.05) is 5.39 Å². The summed E-state index contributed by atoms with van der Waals surface area (Å²) in [4.78, 5) is 2.23. The summed E-state index contributed by atoms with van der Waals surface area (Å²) < 4.78 is 45.0. The van der Waals surface area contributed by atoms with Gasteiger partial charge in [-0.3, -0.25) is 4.55 Å². The third-order valence-corrected chi connectivity index (χ3v) is 3.98. The number of aromatic nitrogens is 1. The smallest absolute Gasteiger partial charge is 0.294 e. The van der Waals surface area contributed by atoms with Crippen LogP contribution in [0.5, 0.6) is 5.88 Å². The molecule has 3 N–H and O–H groups in total. The van der Waals surface area contributed by atoms with Crippen LogP contribution < -0.4 is 0 Å². The number of aromatic hydroxyl groups is 1. The molecule has 0 unspecified atom stereocenters. The molecular weight excluding hydrogens is 325 g/mol. The van der Waals surface area contributed by atoms with E-state index in [9.17, 15) is 17.9 Å². The van der Waals surface area contributed by atoms with Crippen LogP contribution in [0, 0.1) is 5.82 Å². The number of halogens is 1. The van der Waals surface area contributed by atoms with Crippen LogP contribution in [0.25, 0.3) is 10.9 Å². The predicted molar refractivity (Wildman–Crippen MR) is 80.4 cm³/mol. The molecule has 0 atom stereocenters. The highest BCUT2D eigenvalue weighted by molar-refractivity contribution is 7.85. The summed E-state index contributed by atoms with van der Waals surface area (Å²) in [6.07, 6.45) is 0. The molecule has 9 heteroatoms. The number of H-pyrrole nitrogens is 1. The quantitative estimate of drug-likeness (QED) is 0.500. The number of aromatic amines is 1. The van der Waals surface area contributed by atoms with Crippen molar-refractivity contribution in [3.05, 3.63) is 48.3 Å². The highest BCUT2D eigenvalue weighted by Crippen LogP contribution is 2.37. The van der Waals surface area contributed by atoms with Gasteiger partial charge in [0.1, 0.15) is 5.69 Å². The van der Waals surface area contributed by atoms with Crippen molar-refractivity contribution in [3.8, 4) is 5.88 Å². The topological polar surface area (TPSA) is 115 Å². The van der Waals surface area contributed by atoms with E-state index >= 15 is 0 Å². The second-order valence-electron chi connectivity index (χ2n) is 4.66. The van der Waals surface area contributed by atoms with Crippen molar-refractivity contribution < 1.29 is 22.5 Å². The van der Waals surface area contributed by atoms with E-state index in [1.165, 1.54) is 30.3 Å². The molecule has 7 nitrogen and oxygen atoms in total. The van der Waals surface area contributed by atoms with E-state index in [0.29, 0.717) is 5.52 Å². The van der Waals surface area contributed by atoms with E-state index in [-0.39, 0.29) is 27.5 Å². The van der Waals surface area contributed by atoms with Crippen LogP contribution in [0.3, 0.4) is 0 Å². The van der Waals surface area contributed by atoms with E-state index in [4.69, 9.17) is 4.55 Å². The Labute approximate surface area is 129 Å². The van der Waals surface area contributed by atoms with Crippen molar-refractivity contribution in [3.63, 3.8) is 0 Å². The molecule has 0 aliphatic carbocycles. The van der Waals surface area contributed by atoms with Crippen molar-refractivity contribution in [2.45, 2.75) is 4.90 Å². The molecule has 0 radical (unpaired) electrons. The maximum atomic E-state index is 13.5. The summed E-state index contributed by atoms with van der Waals surface area (Å²) in [5.41, 5.74) is 0.290. The SMILES string of the molecule is O=S(=O)(O)c1ccc2[nH]c(O)c(N=Nc3ccccc3F)c2c1. The number of hydrogen-bond acceptors (Lipinski definition) is 5. The van der Waals surface area contributed by atoms with Gasteiger partial charge >= 0.3 is 0 Å². The van der Waals surface area contributed by atoms with Gasteiger partial charge in [0.05, 0.1) is 10.4 Å². The maximum Gasteiger partial charge on any atom is 0.294 e. The summed E-state index contributed by atoms with van der Waals surface area (Å²) in [6, 6.07) is 9.34.